The van der Waals surface area contributed by atoms with E-state index in [0.717, 1.165) is 18.4 Å². The molecule has 8 nitrogen and oxygen atoms in total. The van der Waals surface area contributed by atoms with Gasteiger partial charge in [-0.25, -0.2) is 8.42 Å². The van der Waals surface area contributed by atoms with Gasteiger partial charge in [-0.3, -0.25) is 4.79 Å². The summed E-state index contributed by atoms with van der Waals surface area (Å²) < 4.78 is 33.1. The lowest BCUT2D eigenvalue weighted by atomic mass is 10.2. The average molecular weight is 447 g/mol. The standard InChI is InChI=1S/C20H22N4O4S2/c1-14-17(30(26,27)23(2)13-15-8-4-3-5-9-15)12-16(29-14)18-21-22-19(28-18)20(25)24-10-6-7-11-24/h3-5,8-9,12H,6-7,10-11,13H2,1-2H3. The van der Waals surface area contributed by atoms with E-state index in [1.807, 2.05) is 30.3 Å². The maximum absolute atomic E-state index is 13.1. The Bertz CT molecular complexity index is 1150. The number of benzene rings is 1. The van der Waals surface area contributed by atoms with Crippen LogP contribution in [0.3, 0.4) is 0 Å². The van der Waals surface area contributed by atoms with Crippen LogP contribution in [0, 0.1) is 6.92 Å². The number of hydrogen-bond donors (Lipinski definition) is 0. The van der Waals surface area contributed by atoms with Crippen molar-refractivity contribution in [3.63, 3.8) is 0 Å². The lowest BCUT2D eigenvalue weighted by Crippen LogP contribution is -2.27. The van der Waals surface area contributed by atoms with E-state index in [1.54, 1.807) is 18.9 Å². The SMILES string of the molecule is Cc1sc(-c2nnc(C(=O)N3CCCC3)o2)cc1S(=O)(=O)N(C)Cc1ccccc1. The molecular weight excluding hydrogens is 424 g/mol. The van der Waals surface area contributed by atoms with Crippen LogP contribution >= 0.6 is 11.3 Å². The molecule has 1 aliphatic rings. The Balaban J connectivity index is 1.56. The first-order valence-corrected chi connectivity index (χ1v) is 11.9. The summed E-state index contributed by atoms with van der Waals surface area (Å²) in [4.78, 5) is 15.4. The summed E-state index contributed by atoms with van der Waals surface area (Å²) in [5, 5.41) is 7.83. The monoisotopic (exact) mass is 446 g/mol. The third-order valence-electron chi connectivity index (χ3n) is 5.02. The molecule has 1 saturated heterocycles. The van der Waals surface area contributed by atoms with E-state index in [9.17, 15) is 13.2 Å². The number of hydrogen-bond acceptors (Lipinski definition) is 7. The number of rotatable bonds is 6. The highest BCUT2D eigenvalue weighted by atomic mass is 32.2. The van der Waals surface area contributed by atoms with Gasteiger partial charge < -0.3 is 9.32 Å². The first kappa shape index (κ1) is 20.7. The van der Waals surface area contributed by atoms with Crippen LogP contribution < -0.4 is 0 Å². The van der Waals surface area contributed by atoms with E-state index in [4.69, 9.17) is 4.42 Å². The Morgan fingerprint density at radius 1 is 1.20 bits per heavy atom. The number of nitrogens with zero attached hydrogens (tertiary/aromatic N) is 4. The van der Waals surface area contributed by atoms with Crippen molar-refractivity contribution in [1.82, 2.24) is 19.4 Å². The number of likely N-dealkylation sites (tertiary alicyclic amines) is 1. The molecule has 158 valence electrons. The number of aryl methyl sites for hydroxylation is 1. The number of thiophene rings is 1. The van der Waals surface area contributed by atoms with Gasteiger partial charge in [-0.2, -0.15) is 4.31 Å². The first-order valence-electron chi connectivity index (χ1n) is 9.60. The Kier molecular flexibility index (Phi) is 5.72. The summed E-state index contributed by atoms with van der Waals surface area (Å²) >= 11 is 1.25. The fourth-order valence-electron chi connectivity index (χ4n) is 3.38. The minimum absolute atomic E-state index is 0.0662. The van der Waals surface area contributed by atoms with E-state index in [2.05, 4.69) is 10.2 Å². The molecule has 0 aliphatic carbocycles. The van der Waals surface area contributed by atoms with Crippen LogP contribution in [0.2, 0.25) is 0 Å². The minimum Gasteiger partial charge on any atom is -0.411 e. The number of sulfonamides is 1. The van der Waals surface area contributed by atoms with E-state index >= 15 is 0 Å². The summed E-state index contributed by atoms with van der Waals surface area (Å²) in [7, 11) is -2.14. The normalized spacial score (nSPS) is 14.6. The van der Waals surface area contributed by atoms with Crippen LogP contribution in [0.4, 0.5) is 0 Å². The van der Waals surface area contributed by atoms with Crippen LogP contribution in [0.25, 0.3) is 10.8 Å². The second-order valence-corrected chi connectivity index (χ2v) is 10.5. The van der Waals surface area contributed by atoms with Crippen molar-refractivity contribution in [3.05, 3.63) is 52.7 Å². The largest absolute Gasteiger partial charge is 0.411 e. The maximum atomic E-state index is 13.1. The average Bonchev–Trinajstić information content (AvgIpc) is 3.48. The van der Waals surface area contributed by atoms with Crippen LogP contribution in [0.15, 0.2) is 45.7 Å². The summed E-state index contributed by atoms with van der Waals surface area (Å²) in [6.45, 7) is 3.38. The molecular formula is C20H22N4O4S2. The van der Waals surface area contributed by atoms with Crippen molar-refractivity contribution in [1.29, 1.82) is 0 Å². The van der Waals surface area contributed by atoms with Gasteiger partial charge in [0.25, 0.3) is 5.89 Å². The summed E-state index contributed by atoms with van der Waals surface area (Å²) in [6, 6.07) is 10.9. The highest BCUT2D eigenvalue weighted by Gasteiger charge is 2.28. The number of carbonyl (C=O) groups is 1. The Morgan fingerprint density at radius 2 is 1.90 bits per heavy atom. The van der Waals surface area contributed by atoms with Gasteiger partial charge in [-0.1, -0.05) is 30.3 Å². The van der Waals surface area contributed by atoms with Gasteiger partial charge in [-0.05, 0) is 31.4 Å². The molecule has 3 heterocycles. The van der Waals surface area contributed by atoms with Gasteiger partial charge in [0.2, 0.25) is 10.0 Å². The highest BCUT2D eigenvalue weighted by molar-refractivity contribution is 7.89. The first-order chi connectivity index (χ1) is 14.4. The molecule has 0 saturated carbocycles. The lowest BCUT2D eigenvalue weighted by molar-refractivity contribution is 0.0754. The molecule has 0 atom stereocenters. The van der Waals surface area contributed by atoms with Gasteiger partial charge in [0.1, 0.15) is 0 Å². The maximum Gasteiger partial charge on any atom is 0.311 e. The molecule has 30 heavy (non-hydrogen) atoms. The van der Waals surface area contributed by atoms with Crippen molar-refractivity contribution in [2.75, 3.05) is 20.1 Å². The summed E-state index contributed by atoms with van der Waals surface area (Å²) in [5.74, 6) is -0.198. The molecule has 0 bridgehead atoms. The summed E-state index contributed by atoms with van der Waals surface area (Å²) in [6.07, 6.45) is 1.93. The van der Waals surface area contributed by atoms with Crippen molar-refractivity contribution in [2.24, 2.45) is 0 Å². The van der Waals surface area contributed by atoms with Crippen molar-refractivity contribution in [3.8, 4) is 10.8 Å². The molecule has 10 heteroatoms. The molecule has 1 aliphatic heterocycles. The highest BCUT2D eigenvalue weighted by Crippen LogP contribution is 2.34. The van der Waals surface area contributed by atoms with Gasteiger partial charge >= 0.3 is 11.8 Å². The second-order valence-electron chi connectivity index (χ2n) is 7.19. The van der Waals surface area contributed by atoms with Gasteiger partial charge in [0.15, 0.2) is 0 Å². The fraction of sp³-hybridized carbons (Fsp3) is 0.350. The van der Waals surface area contributed by atoms with Crippen molar-refractivity contribution in [2.45, 2.75) is 31.2 Å². The van der Waals surface area contributed by atoms with Crippen molar-refractivity contribution < 1.29 is 17.6 Å². The van der Waals surface area contributed by atoms with E-state index in [0.29, 0.717) is 22.8 Å². The van der Waals surface area contributed by atoms with Crippen LogP contribution in [-0.2, 0) is 16.6 Å². The third kappa shape index (κ3) is 4.03. The topological polar surface area (TPSA) is 96.6 Å². The molecule has 0 unspecified atom stereocenters. The Hall–Kier alpha value is -2.56. The third-order valence-corrected chi connectivity index (χ3v) is 8.12. The minimum atomic E-state index is -3.70. The molecule has 1 aromatic carbocycles. The predicted molar refractivity (Wildman–Crippen MR) is 113 cm³/mol. The molecule has 0 spiro atoms. The zero-order chi connectivity index (χ0) is 21.3. The summed E-state index contributed by atoms with van der Waals surface area (Å²) in [5.41, 5.74) is 0.902. The molecule has 0 N–H and O–H groups in total. The molecule has 3 aromatic rings. The predicted octanol–water partition coefficient (Wildman–Crippen LogP) is 3.16. The second kappa shape index (κ2) is 8.29. The van der Waals surface area contributed by atoms with Gasteiger partial charge in [0.05, 0.1) is 9.77 Å². The van der Waals surface area contributed by atoms with Gasteiger partial charge in [0, 0.05) is 31.6 Å². The fourth-order valence-corrected chi connectivity index (χ4v) is 6.02. The number of carbonyl (C=O) groups excluding carboxylic acids is 1. The van der Waals surface area contributed by atoms with Gasteiger partial charge in [-0.15, -0.1) is 21.5 Å². The Morgan fingerprint density at radius 3 is 2.60 bits per heavy atom. The van der Waals surface area contributed by atoms with E-state index < -0.39 is 10.0 Å². The molecule has 4 rings (SSSR count). The van der Waals surface area contributed by atoms with Crippen molar-refractivity contribution >= 4 is 27.3 Å². The Labute approximate surface area is 179 Å². The molecule has 2 aromatic heterocycles. The number of amides is 1. The molecule has 0 radical (unpaired) electrons. The smallest absolute Gasteiger partial charge is 0.311 e. The zero-order valence-corrected chi connectivity index (χ0v) is 18.4. The molecule has 1 fully saturated rings. The zero-order valence-electron chi connectivity index (χ0n) is 16.7. The number of aromatic nitrogens is 2. The van der Waals surface area contributed by atoms with Crippen LogP contribution in [-0.4, -0.2) is 53.9 Å². The van der Waals surface area contributed by atoms with Crippen LogP contribution in [0.5, 0.6) is 0 Å². The van der Waals surface area contributed by atoms with Crippen LogP contribution in [0.1, 0.15) is 34.0 Å². The quantitative estimate of drug-likeness (QED) is 0.577. The molecule has 1 amide bonds. The van der Waals surface area contributed by atoms with E-state index in [1.165, 1.54) is 21.7 Å². The lowest BCUT2D eigenvalue weighted by Gasteiger charge is -2.17. The van der Waals surface area contributed by atoms with E-state index in [-0.39, 0.29) is 29.1 Å².